The number of hydrogen-bond donors (Lipinski definition) is 2. The summed E-state index contributed by atoms with van der Waals surface area (Å²) in [7, 11) is 1.44. The Morgan fingerprint density at radius 2 is 1.72 bits per heavy atom. The number of para-hydroxylation sites is 1. The van der Waals surface area contributed by atoms with Gasteiger partial charge in [0.1, 0.15) is 17.3 Å². The first-order valence-corrected chi connectivity index (χ1v) is 10.3. The number of phenolic OH excluding ortho intramolecular Hbond substituents is 1. The number of aromatic hydroxyl groups is 1. The van der Waals surface area contributed by atoms with Crippen LogP contribution >= 0.6 is 23.2 Å². The standard InChI is InChI=1S/C24H17Cl2NO5/c1-32-19-8-3-2-7-16(19)22(29)20-21(13-5-4-6-15(28)11-13)27(24(31)23(20)30)14-9-10-17(25)18(26)12-14/h2-12,21,28-29H,1H3/b22-20+. The third-order valence-corrected chi connectivity index (χ3v) is 5.91. The number of phenols is 1. The molecule has 1 atom stereocenters. The van der Waals surface area contributed by atoms with E-state index < -0.39 is 23.5 Å². The summed E-state index contributed by atoms with van der Waals surface area (Å²) in [6, 6.07) is 16.2. The van der Waals surface area contributed by atoms with Crippen LogP contribution in [0.15, 0.2) is 72.3 Å². The van der Waals surface area contributed by atoms with Crippen LogP contribution in [-0.2, 0) is 9.59 Å². The lowest BCUT2D eigenvalue weighted by atomic mass is 9.94. The molecule has 1 saturated heterocycles. The van der Waals surface area contributed by atoms with E-state index in [1.165, 1.54) is 36.3 Å². The van der Waals surface area contributed by atoms with Crippen molar-refractivity contribution in [3.05, 3.63) is 93.5 Å². The lowest BCUT2D eigenvalue weighted by molar-refractivity contribution is -0.132. The van der Waals surface area contributed by atoms with Crippen molar-refractivity contribution in [1.29, 1.82) is 0 Å². The maximum atomic E-state index is 13.2. The fraction of sp³-hybridized carbons (Fsp3) is 0.0833. The first-order valence-electron chi connectivity index (χ1n) is 9.52. The van der Waals surface area contributed by atoms with E-state index in [9.17, 15) is 19.8 Å². The number of hydrogen-bond acceptors (Lipinski definition) is 5. The molecule has 4 rings (SSSR count). The fourth-order valence-electron chi connectivity index (χ4n) is 3.73. The molecule has 1 heterocycles. The number of rotatable bonds is 4. The number of benzene rings is 3. The van der Waals surface area contributed by atoms with Crippen molar-refractivity contribution in [2.75, 3.05) is 12.0 Å². The SMILES string of the molecule is COc1ccccc1/C(O)=C1\C(=O)C(=O)N(c2ccc(Cl)c(Cl)c2)C1c1cccc(O)c1. The molecule has 0 aromatic heterocycles. The summed E-state index contributed by atoms with van der Waals surface area (Å²) in [4.78, 5) is 27.5. The van der Waals surface area contributed by atoms with Gasteiger partial charge in [0.2, 0.25) is 0 Å². The minimum atomic E-state index is -1.02. The summed E-state index contributed by atoms with van der Waals surface area (Å²) in [6.07, 6.45) is 0. The van der Waals surface area contributed by atoms with E-state index in [1.54, 1.807) is 42.5 Å². The highest BCUT2D eigenvalue weighted by Gasteiger charge is 2.47. The predicted octanol–water partition coefficient (Wildman–Crippen LogP) is 5.33. The van der Waals surface area contributed by atoms with Gasteiger partial charge in [0.25, 0.3) is 11.7 Å². The van der Waals surface area contributed by atoms with Crippen LogP contribution in [0.3, 0.4) is 0 Å². The molecule has 1 aliphatic heterocycles. The van der Waals surface area contributed by atoms with Gasteiger partial charge in [-0.3, -0.25) is 14.5 Å². The first-order chi connectivity index (χ1) is 15.3. The second-order valence-corrected chi connectivity index (χ2v) is 7.88. The molecule has 0 saturated carbocycles. The molecule has 6 nitrogen and oxygen atoms in total. The lowest BCUT2D eigenvalue weighted by Crippen LogP contribution is -2.29. The lowest BCUT2D eigenvalue weighted by Gasteiger charge is -2.26. The summed E-state index contributed by atoms with van der Waals surface area (Å²) in [5, 5.41) is 21.7. The number of halogens is 2. The highest BCUT2D eigenvalue weighted by molar-refractivity contribution is 6.52. The number of Topliss-reactive ketones (excluding diaryl/α,β-unsaturated/α-hetero) is 1. The van der Waals surface area contributed by atoms with E-state index in [0.29, 0.717) is 17.0 Å². The van der Waals surface area contributed by atoms with Crippen LogP contribution < -0.4 is 9.64 Å². The molecule has 3 aromatic carbocycles. The quantitative estimate of drug-likeness (QED) is 0.306. The Hall–Kier alpha value is -3.48. The highest BCUT2D eigenvalue weighted by atomic mass is 35.5. The molecule has 162 valence electrons. The van der Waals surface area contributed by atoms with Gasteiger partial charge in [0.15, 0.2) is 0 Å². The Balaban J connectivity index is 1.99. The van der Waals surface area contributed by atoms with Crippen molar-refractivity contribution in [3.8, 4) is 11.5 Å². The van der Waals surface area contributed by atoms with E-state index in [-0.39, 0.29) is 26.9 Å². The van der Waals surface area contributed by atoms with Crippen LogP contribution in [-0.4, -0.2) is 29.0 Å². The van der Waals surface area contributed by atoms with Crippen molar-refractivity contribution < 1.29 is 24.5 Å². The Labute approximate surface area is 193 Å². The van der Waals surface area contributed by atoms with Gasteiger partial charge in [-0.05, 0) is 48.0 Å². The molecule has 32 heavy (non-hydrogen) atoms. The average Bonchev–Trinajstić information content (AvgIpc) is 3.06. The van der Waals surface area contributed by atoms with Gasteiger partial charge in [0.05, 0.1) is 34.3 Å². The Bertz CT molecular complexity index is 1270. The van der Waals surface area contributed by atoms with Crippen LogP contribution in [0.25, 0.3) is 5.76 Å². The van der Waals surface area contributed by atoms with Crippen molar-refractivity contribution in [2.24, 2.45) is 0 Å². The Morgan fingerprint density at radius 1 is 0.969 bits per heavy atom. The van der Waals surface area contributed by atoms with Crippen LogP contribution in [0.5, 0.6) is 11.5 Å². The van der Waals surface area contributed by atoms with Gasteiger partial charge in [-0.15, -0.1) is 0 Å². The molecule has 0 radical (unpaired) electrons. The number of methoxy groups -OCH3 is 1. The number of aliphatic hydroxyl groups excluding tert-OH is 1. The number of amides is 1. The fourth-order valence-corrected chi connectivity index (χ4v) is 4.02. The maximum Gasteiger partial charge on any atom is 0.300 e. The number of ketones is 1. The molecule has 1 amide bonds. The van der Waals surface area contributed by atoms with Crippen molar-refractivity contribution >= 4 is 46.3 Å². The number of ether oxygens (including phenoxy) is 1. The van der Waals surface area contributed by atoms with Gasteiger partial charge < -0.3 is 14.9 Å². The summed E-state index contributed by atoms with van der Waals surface area (Å²) in [5.74, 6) is -1.85. The van der Waals surface area contributed by atoms with Crippen LogP contribution in [0.1, 0.15) is 17.2 Å². The molecule has 8 heteroatoms. The van der Waals surface area contributed by atoms with Crippen molar-refractivity contribution in [2.45, 2.75) is 6.04 Å². The van der Waals surface area contributed by atoms with E-state index in [1.807, 2.05) is 0 Å². The Morgan fingerprint density at radius 3 is 2.41 bits per heavy atom. The molecule has 0 spiro atoms. The zero-order valence-electron chi connectivity index (χ0n) is 16.8. The number of aliphatic hydroxyl groups is 1. The molecule has 2 N–H and O–H groups in total. The van der Waals surface area contributed by atoms with E-state index in [2.05, 4.69) is 0 Å². The molecule has 0 aliphatic carbocycles. The van der Waals surface area contributed by atoms with Gasteiger partial charge in [-0.2, -0.15) is 0 Å². The number of carbonyl (C=O) groups is 2. The first kappa shape index (κ1) is 21.7. The third-order valence-electron chi connectivity index (χ3n) is 5.17. The normalized spacial score (nSPS) is 17.6. The van der Waals surface area contributed by atoms with Crippen LogP contribution in [0.4, 0.5) is 5.69 Å². The van der Waals surface area contributed by atoms with Crippen LogP contribution in [0.2, 0.25) is 10.0 Å². The molecule has 1 fully saturated rings. The van der Waals surface area contributed by atoms with Crippen molar-refractivity contribution in [1.82, 2.24) is 0 Å². The average molecular weight is 470 g/mol. The molecule has 1 unspecified atom stereocenters. The van der Waals surface area contributed by atoms with Crippen LogP contribution in [0, 0.1) is 0 Å². The van der Waals surface area contributed by atoms with E-state index in [4.69, 9.17) is 27.9 Å². The second kappa shape index (κ2) is 8.57. The largest absolute Gasteiger partial charge is 0.508 e. The molecule has 3 aromatic rings. The van der Waals surface area contributed by atoms with Gasteiger partial charge >= 0.3 is 0 Å². The number of anilines is 1. The minimum Gasteiger partial charge on any atom is -0.508 e. The zero-order chi connectivity index (χ0) is 23.0. The van der Waals surface area contributed by atoms with E-state index >= 15 is 0 Å². The molecule has 0 bridgehead atoms. The predicted molar refractivity (Wildman–Crippen MR) is 122 cm³/mol. The van der Waals surface area contributed by atoms with Gasteiger partial charge in [0, 0.05) is 5.69 Å². The molecular weight excluding hydrogens is 453 g/mol. The number of carbonyl (C=O) groups excluding carboxylic acids is 2. The summed E-state index contributed by atoms with van der Waals surface area (Å²) in [5.41, 5.74) is 0.851. The van der Waals surface area contributed by atoms with E-state index in [0.717, 1.165) is 0 Å². The molecule has 1 aliphatic rings. The van der Waals surface area contributed by atoms with Gasteiger partial charge in [-0.1, -0.05) is 47.5 Å². The number of nitrogens with zero attached hydrogens (tertiary/aromatic N) is 1. The zero-order valence-corrected chi connectivity index (χ0v) is 18.3. The monoisotopic (exact) mass is 469 g/mol. The van der Waals surface area contributed by atoms with Gasteiger partial charge in [-0.25, -0.2) is 0 Å². The second-order valence-electron chi connectivity index (χ2n) is 7.06. The maximum absolute atomic E-state index is 13.2. The highest BCUT2D eigenvalue weighted by Crippen LogP contribution is 2.44. The third kappa shape index (κ3) is 3.68. The Kier molecular flexibility index (Phi) is 5.82. The summed E-state index contributed by atoms with van der Waals surface area (Å²) in [6.45, 7) is 0. The molecular formula is C24H17Cl2NO5. The smallest absolute Gasteiger partial charge is 0.300 e. The van der Waals surface area contributed by atoms with Crippen molar-refractivity contribution in [3.63, 3.8) is 0 Å². The minimum absolute atomic E-state index is 0.0560. The summed E-state index contributed by atoms with van der Waals surface area (Å²) < 4.78 is 5.31. The topological polar surface area (TPSA) is 87.1 Å². The summed E-state index contributed by atoms with van der Waals surface area (Å²) >= 11 is 12.2.